The van der Waals surface area contributed by atoms with Gasteiger partial charge in [-0.2, -0.15) is 5.26 Å². The third-order valence-corrected chi connectivity index (χ3v) is 7.36. The summed E-state index contributed by atoms with van der Waals surface area (Å²) in [5, 5.41) is 8.68. The maximum absolute atomic E-state index is 8.68. The average Bonchev–Trinajstić information content (AvgIpc) is 2.95. The summed E-state index contributed by atoms with van der Waals surface area (Å²) < 4.78 is 0. The SMILES string of the molecule is CCCCCC1CCC(c2cnc(-c3ccccc3)nc2)CC1.CCCCCc1cccc(C#N)c1. The van der Waals surface area contributed by atoms with Crippen LogP contribution in [0.2, 0.25) is 0 Å². The fraction of sp³-hybridized carbons (Fsp3) is 0.485. The lowest BCUT2D eigenvalue weighted by Crippen LogP contribution is -2.13. The van der Waals surface area contributed by atoms with Crippen molar-refractivity contribution in [2.24, 2.45) is 5.92 Å². The Morgan fingerprint density at radius 1 is 0.806 bits per heavy atom. The Morgan fingerprint density at radius 3 is 2.17 bits per heavy atom. The van der Waals surface area contributed by atoms with E-state index in [1.807, 2.05) is 36.4 Å². The van der Waals surface area contributed by atoms with Crippen LogP contribution >= 0.6 is 0 Å². The molecule has 1 aliphatic rings. The summed E-state index contributed by atoms with van der Waals surface area (Å²) in [6.45, 7) is 4.49. The molecule has 0 saturated heterocycles. The average molecular weight is 482 g/mol. The minimum Gasteiger partial charge on any atom is -0.236 e. The first kappa shape index (κ1) is 27.6. The van der Waals surface area contributed by atoms with Crippen LogP contribution < -0.4 is 0 Å². The Labute approximate surface area is 219 Å². The Bertz CT molecular complexity index is 1030. The Morgan fingerprint density at radius 2 is 1.50 bits per heavy atom. The summed E-state index contributed by atoms with van der Waals surface area (Å²) in [4.78, 5) is 9.19. The first-order valence-corrected chi connectivity index (χ1v) is 14.1. The molecule has 0 atom stereocenters. The molecule has 1 saturated carbocycles. The molecule has 3 heteroatoms. The highest BCUT2D eigenvalue weighted by molar-refractivity contribution is 5.54. The predicted molar refractivity (Wildman–Crippen MR) is 151 cm³/mol. The van der Waals surface area contributed by atoms with Crippen molar-refractivity contribution in [3.63, 3.8) is 0 Å². The van der Waals surface area contributed by atoms with Gasteiger partial charge in [0.25, 0.3) is 0 Å². The fourth-order valence-electron chi connectivity index (χ4n) is 5.13. The first-order valence-electron chi connectivity index (χ1n) is 14.1. The van der Waals surface area contributed by atoms with E-state index in [1.165, 1.54) is 81.8 Å². The van der Waals surface area contributed by atoms with Crippen molar-refractivity contribution in [2.45, 2.75) is 96.8 Å². The smallest absolute Gasteiger partial charge is 0.159 e. The van der Waals surface area contributed by atoms with Crippen LogP contribution in [0.4, 0.5) is 0 Å². The van der Waals surface area contributed by atoms with E-state index < -0.39 is 0 Å². The zero-order chi connectivity index (χ0) is 25.4. The van der Waals surface area contributed by atoms with E-state index in [-0.39, 0.29) is 0 Å². The van der Waals surface area contributed by atoms with Crippen LogP contribution in [0.15, 0.2) is 67.0 Å². The fourth-order valence-corrected chi connectivity index (χ4v) is 5.13. The summed E-state index contributed by atoms with van der Waals surface area (Å²) in [6, 6.07) is 20.3. The van der Waals surface area contributed by atoms with Crippen LogP contribution in [-0.2, 0) is 6.42 Å². The Kier molecular flexibility index (Phi) is 12.2. The van der Waals surface area contributed by atoms with Crippen LogP contribution in [-0.4, -0.2) is 9.97 Å². The number of aryl methyl sites for hydroxylation is 1. The summed E-state index contributed by atoms with van der Waals surface area (Å²) >= 11 is 0. The van der Waals surface area contributed by atoms with Crippen molar-refractivity contribution in [1.29, 1.82) is 5.26 Å². The molecule has 1 aliphatic carbocycles. The lowest BCUT2D eigenvalue weighted by atomic mass is 9.77. The van der Waals surface area contributed by atoms with Crippen LogP contribution in [0, 0.1) is 17.2 Å². The van der Waals surface area contributed by atoms with Gasteiger partial charge in [0, 0.05) is 18.0 Å². The number of hydrogen-bond acceptors (Lipinski definition) is 3. The topological polar surface area (TPSA) is 49.6 Å². The third-order valence-electron chi connectivity index (χ3n) is 7.36. The molecular formula is C33H43N3. The number of benzene rings is 2. The van der Waals surface area contributed by atoms with Crippen LogP contribution in [0.1, 0.15) is 107 Å². The van der Waals surface area contributed by atoms with Gasteiger partial charge in [-0.3, -0.25) is 0 Å². The van der Waals surface area contributed by atoms with Gasteiger partial charge < -0.3 is 0 Å². The molecule has 4 rings (SSSR count). The van der Waals surface area contributed by atoms with Crippen molar-refractivity contribution < 1.29 is 0 Å². The summed E-state index contributed by atoms with van der Waals surface area (Å²) in [5.74, 6) is 2.46. The van der Waals surface area contributed by atoms with Crippen molar-refractivity contribution >= 4 is 0 Å². The van der Waals surface area contributed by atoms with E-state index in [0.717, 1.165) is 29.3 Å². The summed E-state index contributed by atoms with van der Waals surface area (Å²) in [7, 11) is 0. The Hall–Kier alpha value is -2.99. The van der Waals surface area contributed by atoms with E-state index in [2.05, 4.69) is 60.5 Å². The molecule has 3 nitrogen and oxygen atoms in total. The number of hydrogen-bond donors (Lipinski definition) is 0. The molecule has 36 heavy (non-hydrogen) atoms. The quantitative estimate of drug-likeness (QED) is 0.271. The van der Waals surface area contributed by atoms with Crippen molar-refractivity contribution in [3.05, 3.63) is 83.7 Å². The number of nitrogens with zero attached hydrogens (tertiary/aromatic N) is 3. The highest BCUT2D eigenvalue weighted by atomic mass is 14.9. The van der Waals surface area contributed by atoms with Crippen LogP contribution in [0.25, 0.3) is 11.4 Å². The highest BCUT2D eigenvalue weighted by Crippen LogP contribution is 2.37. The van der Waals surface area contributed by atoms with Gasteiger partial charge in [-0.05, 0) is 73.6 Å². The Balaban J connectivity index is 0.000000236. The molecule has 2 aromatic carbocycles. The van der Waals surface area contributed by atoms with Crippen molar-refractivity contribution in [1.82, 2.24) is 9.97 Å². The number of rotatable bonds is 10. The van der Waals surface area contributed by atoms with Gasteiger partial charge >= 0.3 is 0 Å². The van der Waals surface area contributed by atoms with E-state index in [1.54, 1.807) is 0 Å². The van der Waals surface area contributed by atoms with Crippen molar-refractivity contribution in [2.75, 3.05) is 0 Å². The van der Waals surface area contributed by atoms with Crippen LogP contribution in [0.5, 0.6) is 0 Å². The molecule has 190 valence electrons. The van der Waals surface area contributed by atoms with Gasteiger partial charge in [0.2, 0.25) is 0 Å². The zero-order valence-electron chi connectivity index (χ0n) is 22.3. The highest BCUT2D eigenvalue weighted by Gasteiger charge is 2.22. The second kappa shape index (κ2) is 15.9. The normalized spacial score (nSPS) is 17.0. The monoisotopic (exact) mass is 481 g/mol. The third kappa shape index (κ3) is 9.23. The molecule has 0 aliphatic heterocycles. The second-order valence-corrected chi connectivity index (χ2v) is 10.2. The van der Waals surface area contributed by atoms with E-state index in [4.69, 9.17) is 5.26 Å². The molecule has 0 bridgehead atoms. The lowest BCUT2D eigenvalue weighted by molar-refractivity contribution is 0.302. The second-order valence-electron chi connectivity index (χ2n) is 10.2. The standard InChI is InChI=1S/C21H28N2.C12H15N/c1-2-3-5-8-17-11-13-18(14-12-17)20-15-22-21(23-16-20)19-9-6-4-7-10-19;1-2-3-4-6-11-7-5-8-12(9-11)10-13/h4,6-7,9-10,15-18H,2-3,5,8,11-14H2,1H3;5,7-9H,2-4,6H2,1H3. The van der Waals surface area contributed by atoms with E-state index >= 15 is 0 Å². The lowest BCUT2D eigenvalue weighted by Gasteiger charge is -2.28. The van der Waals surface area contributed by atoms with E-state index in [0.29, 0.717) is 5.92 Å². The molecule has 0 N–H and O–H groups in total. The largest absolute Gasteiger partial charge is 0.236 e. The minimum atomic E-state index is 0.669. The number of unbranched alkanes of at least 4 members (excludes halogenated alkanes) is 4. The first-order chi connectivity index (χ1) is 17.7. The maximum atomic E-state index is 8.68. The molecule has 0 unspecified atom stereocenters. The zero-order valence-corrected chi connectivity index (χ0v) is 22.3. The van der Waals surface area contributed by atoms with Gasteiger partial charge in [0.15, 0.2) is 5.82 Å². The molecule has 3 aromatic rings. The summed E-state index contributed by atoms with van der Waals surface area (Å²) in [5.41, 5.74) is 4.48. The number of aromatic nitrogens is 2. The predicted octanol–water partition coefficient (Wildman–Crippen LogP) is 9.29. The number of nitriles is 1. The van der Waals surface area contributed by atoms with Gasteiger partial charge in [-0.25, -0.2) is 9.97 Å². The maximum Gasteiger partial charge on any atom is 0.159 e. The molecule has 0 spiro atoms. The minimum absolute atomic E-state index is 0.669. The summed E-state index contributed by atoms with van der Waals surface area (Å²) in [6.07, 6.45) is 19.9. The van der Waals surface area contributed by atoms with Gasteiger partial charge in [-0.15, -0.1) is 0 Å². The molecule has 1 aromatic heterocycles. The van der Waals surface area contributed by atoms with Gasteiger partial charge in [0.05, 0.1) is 11.6 Å². The van der Waals surface area contributed by atoms with Gasteiger partial charge in [-0.1, -0.05) is 94.8 Å². The van der Waals surface area contributed by atoms with Crippen molar-refractivity contribution in [3.8, 4) is 17.5 Å². The molecule has 0 amide bonds. The molecule has 1 heterocycles. The molecule has 1 fully saturated rings. The van der Waals surface area contributed by atoms with Gasteiger partial charge in [0.1, 0.15) is 0 Å². The molecular weight excluding hydrogens is 438 g/mol. The molecule has 0 radical (unpaired) electrons. The van der Waals surface area contributed by atoms with Crippen LogP contribution in [0.3, 0.4) is 0 Å². The van der Waals surface area contributed by atoms with E-state index in [9.17, 15) is 0 Å².